The van der Waals surface area contributed by atoms with Crippen molar-refractivity contribution in [3.63, 3.8) is 0 Å². The van der Waals surface area contributed by atoms with Gasteiger partial charge in [0.1, 0.15) is 0 Å². The van der Waals surface area contributed by atoms with Crippen molar-refractivity contribution in [1.82, 2.24) is 0 Å². The highest BCUT2D eigenvalue weighted by atomic mass is 32.2. The highest BCUT2D eigenvalue weighted by Gasteiger charge is 2.13. The number of rotatable bonds is 4. The molecule has 1 aliphatic rings. The van der Waals surface area contributed by atoms with Gasteiger partial charge in [-0.15, -0.1) is 0 Å². The molecule has 0 aromatic rings. The molecule has 1 unspecified atom stereocenters. The topological polar surface area (TPSA) is 0 Å². The molecule has 1 aliphatic heterocycles. The second kappa shape index (κ2) is 5.06. The van der Waals surface area contributed by atoms with E-state index >= 15 is 0 Å². The summed E-state index contributed by atoms with van der Waals surface area (Å²) in [6.45, 7) is 3.84. The molecule has 59 valence electrons. The predicted molar refractivity (Wildman–Crippen MR) is 49.3 cm³/mol. The van der Waals surface area contributed by atoms with E-state index in [4.69, 9.17) is 0 Å². The lowest BCUT2D eigenvalue weighted by atomic mass is 10.0. The zero-order valence-electron chi connectivity index (χ0n) is 6.64. The van der Waals surface area contributed by atoms with Crippen LogP contribution in [-0.2, 0) is 0 Å². The SMILES string of the molecule is [CH2]CCCCC1CCSC1. The summed E-state index contributed by atoms with van der Waals surface area (Å²) in [6, 6.07) is 0. The molecule has 1 radical (unpaired) electrons. The predicted octanol–water partition coefficient (Wildman–Crippen LogP) is 3.13. The van der Waals surface area contributed by atoms with Gasteiger partial charge >= 0.3 is 0 Å². The summed E-state index contributed by atoms with van der Waals surface area (Å²) in [5.74, 6) is 3.89. The summed E-state index contributed by atoms with van der Waals surface area (Å²) in [5.41, 5.74) is 0. The van der Waals surface area contributed by atoms with Gasteiger partial charge in [-0.2, -0.15) is 11.8 Å². The summed E-state index contributed by atoms with van der Waals surface area (Å²) in [5, 5.41) is 0. The van der Waals surface area contributed by atoms with Crippen LogP contribution in [0.1, 0.15) is 32.1 Å². The maximum absolute atomic E-state index is 3.84. The zero-order valence-corrected chi connectivity index (χ0v) is 7.46. The van der Waals surface area contributed by atoms with Crippen LogP contribution in [0.2, 0.25) is 0 Å². The minimum Gasteiger partial charge on any atom is -0.162 e. The van der Waals surface area contributed by atoms with E-state index in [1.54, 1.807) is 0 Å². The average Bonchev–Trinajstić information content (AvgIpc) is 2.41. The van der Waals surface area contributed by atoms with Gasteiger partial charge in [0.25, 0.3) is 0 Å². The van der Waals surface area contributed by atoms with Crippen molar-refractivity contribution >= 4 is 11.8 Å². The Hall–Kier alpha value is 0.350. The highest BCUT2D eigenvalue weighted by Crippen LogP contribution is 2.27. The lowest BCUT2D eigenvalue weighted by molar-refractivity contribution is 0.510. The van der Waals surface area contributed by atoms with E-state index in [1.165, 1.54) is 37.2 Å². The summed E-state index contributed by atoms with van der Waals surface area (Å²) in [6.07, 6.45) is 6.81. The van der Waals surface area contributed by atoms with Crippen LogP contribution < -0.4 is 0 Å². The summed E-state index contributed by atoms with van der Waals surface area (Å²) >= 11 is 2.12. The molecule has 1 saturated heterocycles. The van der Waals surface area contributed by atoms with Crippen molar-refractivity contribution in [2.45, 2.75) is 32.1 Å². The Morgan fingerprint density at radius 1 is 1.40 bits per heavy atom. The summed E-state index contributed by atoms with van der Waals surface area (Å²) in [7, 11) is 0. The maximum Gasteiger partial charge on any atom is -0.00388 e. The Kier molecular flexibility index (Phi) is 4.27. The second-order valence-corrected chi connectivity index (χ2v) is 4.23. The Bertz CT molecular complexity index is 74.8. The van der Waals surface area contributed by atoms with Crippen molar-refractivity contribution in [2.24, 2.45) is 5.92 Å². The molecule has 1 heteroatoms. The fourth-order valence-electron chi connectivity index (χ4n) is 1.42. The first-order valence-electron chi connectivity index (χ1n) is 4.30. The monoisotopic (exact) mass is 157 g/mol. The lowest BCUT2D eigenvalue weighted by Crippen LogP contribution is -1.96. The molecule has 1 fully saturated rings. The quantitative estimate of drug-likeness (QED) is 0.565. The van der Waals surface area contributed by atoms with Gasteiger partial charge in [0.05, 0.1) is 0 Å². The minimum atomic E-state index is 1.05. The van der Waals surface area contributed by atoms with Crippen molar-refractivity contribution in [2.75, 3.05) is 11.5 Å². The van der Waals surface area contributed by atoms with E-state index in [0.717, 1.165) is 12.3 Å². The molecule has 0 nitrogen and oxygen atoms in total. The molecular weight excluding hydrogens is 140 g/mol. The van der Waals surface area contributed by atoms with Gasteiger partial charge in [-0.25, -0.2) is 0 Å². The highest BCUT2D eigenvalue weighted by molar-refractivity contribution is 7.99. The molecule has 10 heavy (non-hydrogen) atoms. The van der Waals surface area contributed by atoms with E-state index in [1.807, 2.05) is 0 Å². The molecular formula is C9H17S. The molecule has 0 saturated carbocycles. The molecule has 0 bridgehead atoms. The third kappa shape index (κ3) is 2.96. The second-order valence-electron chi connectivity index (χ2n) is 3.08. The van der Waals surface area contributed by atoms with E-state index in [9.17, 15) is 0 Å². The standard InChI is InChI=1S/C9H17S/c1-2-3-4-5-9-6-7-10-8-9/h9H,1-8H2. The largest absolute Gasteiger partial charge is 0.162 e. The molecule has 0 amide bonds. The van der Waals surface area contributed by atoms with Gasteiger partial charge in [-0.3, -0.25) is 0 Å². The third-order valence-corrected chi connectivity index (χ3v) is 3.37. The lowest BCUT2D eigenvalue weighted by Gasteiger charge is -2.05. The van der Waals surface area contributed by atoms with Crippen LogP contribution in [0, 0.1) is 12.8 Å². The summed E-state index contributed by atoms with van der Waals surface area (Å²) in [4.78, 5) is 0. The maximum atomic E-state index is 3.84. The van der Waals surface area contributed by atoms with Crippen LogP contribution >= 0.6 is 11.8 Å². The van der Waals surface area contributed by atoms with Crippen molar-refractivity contribution in [3.05, 3.63) is 6.92 Å². The van der Waals surface area contributed by atoms with Gasteiger partial charge in [-0.05, 0) is 30.3 Å². The van der Waals surface area contributed by atoms with Gasteiger partial charge in [-0.1, -0.05) is 26.2 Å². The molecule has 0 N–H and O–H groups in total. The fourth-order valence-corrected chi connectivity index (χ4v) is 2.75. The van der Waals surface area contributed by atoms with Crippen molar-refractivity contribution in [3.8, 4) is 0 Å². The first kappa shape index (κ1) is 8.45. The number of thioether (sulfide) groups is 1. The molecule has 0 aromatic heterocycles. The third-order valence-electron chi connectivity index (χ3n) is 2.14. The zero-order chi connectivity index (χ0) is 7.23. The first-order chi connectivity index (χ1) is 4.93. The van der Waals surface area contributed by atoms with Gasteiger partial charge in [0, 0.05) is 0 Å². The Labute approximate surface area is 68.8 Å². The molecule has 0 spiro atoms. The van der Waals surface area contributed by atoms with Crippen LogP contribution in [-0.4, -0.2) is 11.5 Å². The average molecular weight is 157 g/mol. The van der Waals surface area contributed by atoms with Crippen LogP contribution in [0.5, 0.6) is 0 Å². The van der Waals surface area contributed by atoms with Gasteiger partial charge < -0.3 is 0 Å². The van der Waals surface area contributed by atoms with Crippen LogP contribution in [0.3, 0.4) is 0 Å². The first-order valence-corrected chi connectivity index (χ1v) is 5.46. The Morgan fingerprint density at radius 3 is 2.90 bits per heavy atom. The van der Waals surface area contributed by atoms with E-state index in [0.29, 0.717) is 0 Å². The number of hydrogen-bond donors (Lipinski definition) is 0. The molecule has 1 rings (SSSR count). The molecule has 0 aliphatic carbocycles. The smallest absolute Gasteiger partial charge is 0.00388 e. The summed E-state index contributed by atoms with van der Waals surface area (Å²) < 4.78 is 0. The Morgan fingerprint density at radius 2 is 2.30 bits per heavy atom. The normalized spacial score (nSPS) is 25.5. The van der Waals surface area contributed by atoms with Crippen LogP contribution in [0.25, 0.3) is 0 Å². The van der Waals surface area contributed by atoms with Gasteiger partial charge in [0.15, 0.2) is 0 Å². The minimum absolute atomic E-state index is 1.05. The Balaban J connectivity index is 1.91. The van der Waals surface area contributed by atoms with Crippen LogP contribution in [0.4, 0.5) is 0 Å². The fraction of sp³-hybridized carbons (Fsp3) is 0.889. The van der Waals surface area contributed by atoms with E-state index < -0.39 is 0 Å². The van der Waals surface area contributed by atoms with E-state index in [2.05, 4.69) is 18.7 Å². The van der Waals surface area contributed by atoms with Crippen LogP contribution in [0.15, 0.2) is 0 Å². The van der Waals surface area contributed by atoms with E-state index in [-0.39, 0.29) is 0 Å². The van der Waals surface area contributed by atoms with Crippen molar-refractivity contribution < 1.29 is 0 Å². The molecule has 0 aromatic carbocycles. The van der Waals surface area contributed by atoms with Gasteiger partial charge in [0.2, 0.25) is 0 Å². The van der Waals surface area contributed by atoms with Crippen molar-refractivity contribution in [1.29, 1.82) is 0 Å². The molecule has 1 atom stereocenters. The molecule has 1 heterocycles. The number of hydrogen-bond acceptors (Lipinski definition) is 1. The number of unbranched alkanes of at least 4 members (excludes halogenated alkanes) is 2.